The van der Waals surface area contributed by atoms with Gasteiger partial charge in [0.05, 0.1) is 0 Å². The third-order valence-corrected chi connectivity index (χ3v) is 2.60. The maximum atomic E-state index is 13.0. The van der Waals surface area contributed by atoms with E-state index >= 15 is 0 Å². The van der Waals surface area contributed by atoms with E-state index in [4.69, 9.17) is 10.5 Å². The predicted octanol–water partition coefficient (Wildman–Crippen LogP) is 1.82. The van der Waals surface area contributed by atoms with Gasteiger partial charge in [-0.3, -0.25) is 4.79 Å². The average Bonchev–Trinajstić information content (AvgIpc) is 2.37. The second-order valence-electron chi connectivity index (χ2n) is 4.86. The summed E-state index contributed by atoms with van der Waals surface area (Å²) in [7, 11) is 0. The summed E-state index contributed by atoms with van der Waals surface area (Å²) in [6.07, 6.45) is -0.644. The Labute approximate surface area is 113 Å². The van der Waals surface area contributed by atoms with Crippen molar-refractivity contribution in [1.29, 1.82) is 0 Å². The molecule has 106 valence electrons. The van der Waals surface area contributed by atoms with Crippen molar-refractivity contribution in [2.45, 2.75) is 33.4 Å². The zero-order valence-corrected chi connectivity index (χ0v) is 11.6. The van der Waals surface area contributed by atoms with E-state index in [1.54, 1.807) is 6.92 Å². The molecule has 0 heterocycles. The molecular formula is C14H21FN2O2. The van der Waals surface area contributed by atoms with Gasteiger partial charge in [-0.05, 0) is 31.0 Å². The van der Waals surface area contributed by atoms with Crippen LogP contribution in [0.15, 0.2) is 18.2 Å². The van der Waals surface area contributed by atoms with Gasteiger partial charge >= 0.3 is 0 Å². The van der Waals surface area contributed by atoms with Gasteiger partial charge in [0, 0.05) is 18.7 Å². The highest BCUT2D eigenvalue weighted by atomic mass is 19.1. The summed E-state index contributed by atoms with van der Waals surface area (Å²) in [6.45, 7) is 6.43. The molecule has 5 heteroatoms. The number of rotatable bonds is 6. The molecule has 0 radical (unpaired) electrons. The van der Waals surface area contributed by atoms with Crippen molar-refractivity contribution in [1.82, 2.24) is 5.32 Å². The highest BCUT2D eigenvalue weighted by Crippen LogP contribution is 2.20. The minimum atomic E-state index is -0.644. The van der Waals surface area contributed by atoms with Crippen molar-refractivity contribution in [2.75, 3.05) is 6.54 Å². The summed E-state index contributed by atoms with van der Waals surface area (Å²) in [5.41, 5.74) is 6.07. The van der Waals surface area contributed by atoms with E-state index in [0.717, 1.165) is 0 Å². The van der Waals surface area contributed by atoms with Crippen LogP contribution in [0.3, 0.4) is 0 Å². The molecule has 0 spiro atoms. The van der Waals surface area contributed by atoms with Gasteiger partial charge in [0.25, 0.3) is 5.91 Å². The van der Waals surface area contributed by atoms with E-state index in [-0.39, 0.29) is 18.3 Å². The molecule has 1 aromatic carbocycles. The van der Waals surface area contributed by atoms with Crippen LogP contribution in [0.1, 0.15) is 26.3 Å². The standard InChI is InChI=1S/C14H21FN2O2/c1-9(2)8-17-14(18)10(3)19-13-5-4-12(15)6-11(13)7-16/h4-6,9-10H,7-8,16H2,1-3H3,(H,17,18). The van der Waals surface area contributed by atoms with E-state index in [9.17, 15) is 9.18 Å². The van der Waals surface area contributed by atoms with Gasteiger partial charge < -0.3 is 15.8 Å². The molecule has 0 fully saturated rings. The number of hydrogen-bond donors (Lipinski definition) is 2. The number of hydrogen-bond acceptors (Lipinski definition) is 3. The van der Waals surface area contributed by atoms with Gasteiger partial charge in [-0.15, -0.1) is 0 Å². The quantitative estimate of drug-likeness (QED) is 0.827. The third-order valence-electron chi connectivity index (χ3n) is 2.60. The molecule has 3 N–H and O–H groups in total. The fourth-order valence-electron chi connectivity index (χ4n) is 1.51. The van der Waals surface area contributed by atoms with Crippen molar-refractivity contribution in [3.05, 3.63) is 29.6 Å². The van der Waals surface area contributed by atoms with Gasteiger partial charge in [0.2, 0.25) is 0 Å². The predicted molar refractivity (Wildman–Crippen MR) is 72.2 cm³/mol. The Bertz CT molecular complexity index is 435. The number of benzene rings is 1. The molecule has 0 saturated heterocycles. The summed E-state index contributed by atoms with van der Waals surface area (Å²) in [5, 5.41) is 2.78. The van der Waals surface area contributed by atoms with Crippen LogP contribution in [-0.2, 0) is 11.3 Å². The first kappa shape index (κ1) is 15.4. The van der Waals surface area contributed by atoms with Crippen LogP contribution in [0.4, 0.5) is 4.39 Å². The zero-order chi connectivity index (χ0) is 14.4. The van der Waals surface area contributed by atoms with Crippen molar-refractivity contribution in [3.63, 3.8) is 0 Å². The first-order chi connectivity index (χ1) is 8.93. The molecular weight excluding hydrogens is 247 g/mol. The van der Waals surface area contributed by atoms with Gasteiger partial charge in [-0.2, -0.15) is 0 Å². The maximum absolute atomic E-state index is 13.0. The second kappa shape index (κ2) is 7.09. The summed E-state index contributed by atoms with van der Waals surface area (Å²) < 4.78 is 18.6. The van der Waals surface area contributed by atoms with Crippen molar-refractivity contribution < 1.29 is 13.9 Å². The lowest BCUT2D eigenvalue weighted by Crippen LogP contribution is -2.38. The van der Waals surface area contributed by atoms with Crippen molar-refractivity contribution in [3.8, 4) is 5.75 Å². The number of nitrogens with one attached hydrogen (secondary N) is 1. The minimum absolute atomic E-state index is 0.160. The first-order valence-electron chi connectivity index (χ1n) is 6.37. The number of amides is 1. The van der Waals surface area contributed by atoms with E-state index in [2.05, 4.69) is 5.32 Å². The van der Waals surface area contributed by atoms with Gasteiger partial charge in [0.15, 0.2) is 6.10 Å². The Morgan fingerprint density at radius 3 is 2.68 bits per heavy atom. The van der Waals surface area contributed by atoms with Crippen LogP contribution in [0, 0.1) is 11.7 Å². The number of ether oxygens (including phenoxy) is 1. The second-order valence-corrected chi connectivity index (χ2v) is 4.86. The average molecular weight is 268 g/mol. The summed E-state index contributed by atoms with van der Waals surface area (Å²) in [4.78, 5) is 11.8. The van der Waals surface area contributed by atoms with Crippen LogP contribution in [0.5, 0.6) is 5.75 Å². The first-order valence-corrected chi connectivity index (χ1v) is 6.37. The lowest BCUT2D eigenvalue weighted by molar-refractivity contribution is -0.127. The minimum Gasteiger partial charge on any atom is -0.481 e. The highest BCUT2D eigenvalue weighted by molar-refractivity contribution is 5.80. The van der Waals surface area contributed by atoms with Crippen molar-refractivity contribution in [2.24, 2.45) is 11.7 Å². The van der Waals surface area contributed by atoms with E-state index in [0.29, 0.717) is 23.8 Å². The van der Waals surface area contributed by atoms with Crippen LogP contribution < -0.4 is 15.8 Å². The molecule has 4 nitrogen and oxygen atoms in total. The van der Waals surface area contributed by atoms with Crippen LogP contribution in [0.2, 0.25) is 0 Å². The molecule has 0 aliphatic carbocycles. The third kappa shape index (κ3) is 4.87. The number of halogens is 1. The van der Waals surface area contributed by atoms with E-state index in [1.807, 2.05) is 13.8 Å². The molecule has 1 unspecified atom stereocenters. The van der Waals surface area contributed by atoms with E-state index < -0.39 is 6.10 Å². The Morgan fingerprint density at radius 2 is 2.11 bits per heavy atom. The van der Waals surface area contributed by atoms with Gasteiger partial charge in [0.1, 0.15) is 11.6 Å². The normalized spacial score (nSPS) is 12.3. The molecule has 0 bridgehead atoms. The molecule has 1 amide bonds. The van der Waals surface area contributed by atoms with Gasteiger partial charge in [-0.25, -0.2) is 4.39 Å². The fraction of sp³-hybridized carbons (Fsp3) is 0.500. The topological polar surface area (TPSA) is 64.3 Å². The lowest BCUT2D eigenvalue weighted by atomic mass is 10.2. The molecule has 0 aliphatic rings. The van der Waals surface area contributed by atoms with E-state index in [1.165, 1.54) is 18.2 Å². The summed E-state index contributed by atoms with van der Waals surface area (Å²) >= 11 is 0. The maximum Gasteiger partial charge on any atom is 0.260 e. The largest absolute Gasteiger partial charge is 0.481 e. The van der Waals surface area contributed by atoms with Crippen LogP contribution in [-0.4, -0.2) is 18.6 Å². The zero-order valence-electron chi connectivity index (χ0n) is 11.6. The van der Waals surface area contributed by atoms with Gasteiger partial charge in [-0.1, -0.05) is 13.8 Å². The molecule has 0 saturated carbocycles. The smallest absolute Gasteiger partial charge is 0.260 e. The lowest BCUT2D eigenvalue weighted by Gasteiger charge is -2.17. The highest BCUT2D eigenvalue weighted by Gasteiger charge is 2.16. The van der Waals surface area contributed by atoms with Crippen LogP contribution in [0.25, 0.3) is 0 Å². The molecule has 19 heavy (non-hydrogen) atoms. The molecule has 1 rings (SSSR count). The number of carbonyl (C=O) groups is 1. The summed E-state index contributed by atoms with van der Waals surface area (Å²) in [5.74, 6) is 0.253. The SMILES string of the molecule is CC(C)CNC(=O)C(C)Oc1ccc(F)cc1CN. The fourth-order valence-corrected chi connectivity index (χ4v) is 1.51. The molecule has 0 aromatic heterocycles. The molecule has 1 atom stereocenters. The molecule has 1 aromatic rings. The monoisotopic (exact) mass is 268 g/mol. The number of carbonyl (C=O) groups excluding carboxylic acids is 1. The Hall–Kier alpha value is -1.62. The Balaban J connectivity index is 2.65. The van der Waals surface area contributed by atoms with Crippen LogP contribution >= 0.6 is 0 Å². The van der Waals surface area contributed by atoms with Crippen molar-refractivity contribution >= 4 is 5.91 Å². The summed E-state index contributed by atoms with van der Waals surface area (Å²) in [6, 6.07) is 4.09. The Kier molecular flexibility index (Phi) is 5.76. The molecule has 0 aliphatic heterocycles. The number of nitrogens with two attached hydrogens (primary N) is 1. The Morgan fingerprint density at radius 1 is 1.42 bits per heavy atom.